The van der Waals surface area contributed by atoms with Crippen LogP contribution < -0.4 is 10.6 Å². The lowest BCUT2D eigenvalue weighted by Crippen LogP contribution is -2.32. The van der Waals surface area contributed by atoms with Gasteiger partial charge in [0.2, 0.25) is 0 Å². The summed E-state index contributed by atoms with van der Waals surface area (Å²) in [5.41, 5.74) is 7.74. The Labute approximate surface area is 98.4 Å². The predicted octanol–water partition coefficient (Wildman–Crippen LogP) is 2.18. The zero-order valence-corrected chi connectivity index (χ0v) is 11.3. The molecule has 1 aromatic rings. The molecule has 92 valence electrons. The monoisotopic (exact) mass is 224 g/mol. The number of anilines is 2. The highest BCUT2D eigenvalue weighted by atomic mass is 15.4. The van der Waals surface area contributed by atoms with Gasteiger partial charge < -0.3 is 10.6 Å². The summed E-state index contributed by atoms with van der Waals surface area (Å²) in [4.78, 5) is 2.22. The minimum absolute atomic E-state index is 0.470. The lowest BCUT2D eigenvalue weighted by Gasteiger charge is -2.28. The number of hydrogen-bond acceptors (Lipinski definition) is 3. The Bertz CT molecular complexity index is 354. The zero-order chi connectivity index (χ0) is 12.5. The van der Waals surface area contributed by atoms with Crippen molar-refractivity contribution in [2.24, 2.45) is 13.0 Å². The van der Waals surface area contributed by atoms with Crippen LogP contribution in [0, 0.1) is 12.8 Å². The van der Waals surface area contributed by atoms with Crippen molar-refractivity contribution in [2.75, 3.05) is 17.7 Å². The average Bonchev–Trinajstić information content (AvgIpc) is 2.39. The Kier molecular flexibility index (Phi) is 3.83. The number of nitrogens with two attached hydrogens (primary N) is 1. The van der Waals surface area contributed by atoms with Crippen LogP contribution in [0.5, 0.6) is 0 Å². The highest BCUT2D eigenvalue weighted by molar-refractivity contribution is 5.66. The Morgan fingerprint density at radius 3 is 2.31 bits per heavy atom. The highest BCUT2D eigenvalue weighted by Gasteiger charge is 2.19. The van der Waals surface area contributed by atoms with Gasteiger partial charge in [-0.05, 0) is 26.2 Å². The van der Waals surface area contributed by atoms with Gasteiger partial charge >= 0.3 is 0 Å². The lowest BCUT2D eigenvalue weighted by molar-refractivity contribution is 0.497. The number of aryl methyl sites for hydroxylation is 2. The molecule has 16 heavy (non-hydrogen) atoms. The van der Waals surface area contributed by atoms with E-state index in [4.69, 9.17) is 5.73 Å². The fourth-order valence-corrected chi connectivity index (χ4v) is 2.13. The molecule has 1 rings (SSSR count). The molecule has 0 saturated carbocycles. The van der Waals surface area contributed by atoms with Crippen LogP contribution in [-0.4, -0.2) is 22.9 Å². The van der Waals surface area contributed by atoms with E-state index in [9.17, 15) is 0 Å². The third kappa shape index (κ3) is 2.49. The number of aromatic nitrogens is 2. The van der Waals surface area contributed by atoms with Gasteiger partial charge in [0, 0.05) is 20.1 Å². The van der Waals surface area contributed by atoms with E-state index < -0.39 is 0 Å². The molecule has 0 aromatic carbocycles. The molecule has 1 aromatic heterocycles. The van der Waals surface area contributed by atoms with E-state index in [1.54, 1.807) is 0 Å². The minimum atomic E-state index is 0.470. The van der Waals surface area contributed by atoms with Gasteiger partial charge in [-0.15, -0.1) is 0 Å². The summed E-state index contributed by atoms with van der Waals surface area (Å²) in [5, 5.41) is 4.34. The highest BCUT2D eigenvalue weighted by Crippen LogP contribution is 2.27. The minimum Gasteiger partial charge on any atom is -0.394 e. The van der Waals surface area contributed by atoms with E-state index in [1.807, 2.05) is 18.7 Å². The van der Waals surface area contributed by atoms with Crippen molar-refractivity contribution >= 4 is 11.5 Å². The molecule has 1 atom stereocenters. The van der Waals surface area contributed by atoms with Gasteiger partial charge in [-0.1, -0.05) is 13.8 Å². The van der Waals surface area contributed by atoms with E-state index in [-0.39, 0.29) is 0 Å². The van der Waals surface area contributed by atoms with Crippen LogP contribution in [0.1, 0.15) is 32.9 Å². The lowest BCUT2D eigenvalue weighted by atomic mass is 10.0. The van der Waals surface area contributed by atoms with Crippen LogP contribution in [0.25, 0.3) is 0 Å². The second-order valence-corrected chi connectivity index (χ2v) is 5.04. The van der Waals surface area contributed by atoms with Crippen LogP contribution in [0.15, 0.2) is 0 Å². The van der Waals surface area contributed by atoms with Crippen LogP contribution in [0.2, 0.25) is 0 Å². The Balaban J connectivity index is 2.91. The molecule has 1 heterocycles. The quantitative estimate of drug-likeness (QED) is 0.852. The van der Waals surface area contributed by atoms with Crippen LogP contribution >= 0.6 is 0 Å². The molecule has 1 unspecified atom stereocenters. The van der Waals surface area contributed by atoms with Crippen molar-refractivity contribution in [1.29, 1.82) is 0 Å². The Morgan fingerprint density at radius 1 is 1.38 bits per heavy atom. The smallest absolute Gasteiger partial charge is 0.150 e. The van der Waals surface area contributed by atoms with Gasteiger partial charge in [-0.2, -0.15) is 5.10 Å². The molecular formula is C12H24N4. The van der Waals surface area contributed by atoms with Gasteiger partial charge in [0.1, 0.15) is 5.82 Å². The molecule has 0 aliphatic heterocycles. The molecule has 0 radical (unpaired) electrons. The van der Waals surface area contributed by atoms with Crippen molar-refractivity contribution in [3.63, 3.8) is 0 Å². The fourth-order valence-electron chi connectivity index (χ4n) is 2.13. The number of nitrogens with zero attached hydrogens (tertiary/aromatic N) is 3. The molecule has 0 amide bonds. The predicted molar refractivity (Wildman–Crippen MR) is 69.7 cm³/mol. The topological polar surface area (TPSA) is 47.1 Å². The van der Waals surface area contributed by atoms with Crippen LogP contribution in [-0.2, 0) is 7.05 Å². The summed E-state index contributed by atoms with van der Waals surface area (Å²) in [5.74, 6) is 1.71. The maximum absolute atomic E-state index is 6.05. The van der Waals surface area contributed by atoms with E-state index in [1.165, 1.54) is 0 Å². The molecule has 0 bridgehead atoms. The Morgan fingerprint density at radius 2 is 1.94 bits per heavy atom. The molecule has 4 nitrogen and oxygen atoms in total. The van der Waals surface area contributed by atoms with E-state index in [0.717, 1.165) is 23.6 Å². The third-order valence-electron chi connectivity index (χ3n) is 3.04. The fraction of sp³-hybridized carbons (Fsp3) is 0.750. The standard InChI is InChI=1S/C12H24N4/c1-8(2)7-9(3)15(5)12-11(13)10(4)14-16(12)6/h8-9H,7,13H2,1-6H3. The first-order valence-electron chi connectivity index (χ1n) is 5.86. The van der Waals surface area contributed by atoms with Gasteiger partial charge in [0.15, 0.2) is 0 Å². The second kappa shape index (κ2) is 4.76. The molecule has 4 heteroatoms. The maximum atomic E-state index is 6.05. The first-order valence-corrected chi connectivity index (χ1v) is 5.86. The number of hydrogen-bond donors (Lipinski definition) is 1. The normalized spacial score (nSPS) is 13.2. The van der Waals surface area contributed by atoms with Crippen molar-refractivity contribution in [1.82, 2.24) is 9.78 Å². The van der Waals surface area contributed by atoms with Gasteiger partial charge in [0.05, 0.1) is 11.4 Å². The number of nitrogen functional groups attached to an aromatic ring is 1. The van der Waals surface area contributed by atoms with Gasteiger partial charge in [0.25, 0.3) is 0 Å². The summed E-state index contributed by atoms with van der Waals surface area (Å²) < 4.78 is 1.86. The molecule has 0 saturated heterocycles. The summed E-state index contributed by atoms with van der Waals surface area (Å²) in [7, 11) is 4.02. The van der Waals surface area contributed by atoms with Crippen LogP contribution in [0.4, 0.5) is 11.5 Å². The summed E-state index contributed by atoms with van der Waals surface area (Å²) in [6.07, 6.45) is 1.15. The Hall–Kier alpha value is -1.19. The van der Waals surface area contributed by atoms with E-state index in [2.05, 4.69) is 37.8 Å². The van der Waals surface area contributed by atoms with Crippen molar-refractivity contribution < 1.29 is 0 Å². The maximum Gasteiger partial charge on any atom is 0.150 e. The largest absolute Gasteiger partial charge is 0.394 e. The molecule has 0 aliphatic rings. The van der Waals surface area contributed by atoms with Crippen LogP contribution in [0.3, 0.4) is 0 Å². The zero-order valence-electron chi connectivity index (χ0n) is 11.3. The summed E-state index contributed by atoms with van der Waals surface area (Å²) >= 11 is 0. The number of rotatable bonds is 4. The van der Waals surface area contributed by atoms with Gasteiger partial charge in [-0.3, -0.25) is 4.68 Å². The molecule has 0 fully saturated rings. The third-order valence-corrected chi connectivity index (χ3v) is 3.04. The first-order chi connectivity index (χ1) is 7.34. The SMILES string of the molecule is Cc1nn(C)c(N(C)C(C)CC(C)C)c1N. The van der Waals surface area contributed by atoms with Gasteiger partial charge in [-0.25, -0.2) is 0 Å². The van der Waals surface area contributed by atoms with Crippen molar-refractivity contribution in [2.45, 2.75) is 40.2 Å². The summed E-state index contributed by atoms with van der Waals surface area (Å²) in [6.45, 7) is 8.64. The summed E-state index contributed by atoms with van der Waals surface area (Å²) in [6, 6.07) is 0.470. The van der Waals surface area contributed by atoms with E-state index >= 15 is 0 Å². The molecular weight excluding hydrogens is 200 g/mol. The molecule has 0 aliphatic carbocycles. The van der Waals surface area contributed by atoms with E-state index in [0.29, 0.717) is 12.0 Å². The van der Waals surface area contributed by atoms with Crippen molar-refractivity contribution in [3.05, 3.63) is 5.69 Å². The average molecular weight is 224 g/mol. The second-order valence-electron chi connectivity index (χ2n) is 5.04. The molecule has 0 spiro atoms. The van der Waals surface area contributed by atoms with Crippen molar-refractivity contribution in [3.8, 4) is 0 Å². The molecule has 2 N–H and O–H groups in total. The first kappa shape index (κ1) is 12.9.